The highest BCUT2D eigenvalue weighted by Crippen LogP contribution is 2.28. The van der Waals surface area contributed by atoms with Crippen LogP contribution in [0, 0.1) is 0 Å². The Morgan fingerprint density at radius 2 is 2.17 bits per heavy atom. The summed E-state index contributed by atoms with van der Waals surface area (Å²) in [5.74, 6) is 5.47. The number of fused-ring (bicyclic) bond motifs is 1. The Morgan fingerprint density at radius 1 is 1.33 bits per heavy atom. The Hall–Kier alpha value is -0.860. The van der Waals surface area contributed by atoms with Crippen molar-refractivity contribution in [3.8, 4) is 0 Å². The summed E-state index contributed by atoms with van der Waals surface area (Å²) in [6.45, 7) is 0. The minimum absolute atomic E-state index is 0.370. The number of hydrazine groups is 1. The van der Waals surface area contributed by atoms with Gasteiger partial charge in [-0.25, -0.2) is 0 Å². The van der Waals surface area contributed by atoms with Crippen LogP contribution in [0.25, 0.3) is 0 Å². The lowest BCUT2D eigenvalue weighted by Gasteiger charge is -2.24. The molecule has 0 amide bonds. The molecule has 1 aliphatic carbocycles. The molecule has 0 spiro atoms. The number of hydrogen-bond donors (Lipinski definition) is 2. The van der Waals surface area contributed by atoms with Gasteiger partial charge in [0.05, 0.1) is 0 Å². The number of hydrogen-bond acceptors (Lipinski definition) is 2. The minimum Gasteiger partial charge on any atom is -0.271 e. The standard InChI is InChI=1S/C10H14N2/c11-12-10-7-3-5-8-4-1-2-6-9(8)10/h1-2,4,6,10,12H,3,5,7,11H2/t10-/m1/s1. The lowest BCUT2D eigenvalue weighted by Crippen LogP contribution is -2.30. The first-order valence-electron chi connectivity index (χ1n) is 4.46. The van der Waals surface area contributed by atoms with E-state index in [4.69, 9.17) is 5.84 Å². The van der Waals surface area contributed by atoms with E-state index in [-0.39, 0.29) is 0 Å². The van der Waals surface area contributed by atoms with Gasteiger partial charge in [0.25, 0.3) is 0 Å². The fourth-order valence-electron chi connectivity index (χ4n) is 1.93. The molecule has 1 aliphatic rings. The van der Waals surface area contributed by atoms with E-state index in [9.17, 15) is 0 Å². The average molecular weight is 162 g/mol. The maximum atomic E-state index is 5.47. The smallest absolute Gasteiger partial charge is 0.0462 e. The number of nitrogens with two attached hydrogens (primary N) is 1. The minimum atomic E-state index is 0.370. The van der Waals surface area contributed by atoms with E-state index in [0.29, 0.717) is 6.04 Å². The lowest BCUT2D eigenvalue weighted by molar-refractivity contribution is 0.472. The number of aryl methyl sites for hydroxylation is 1. The Morgan fingerprint density at radius 3 is 3.00 bits per heavy atom. The second-order valence-corrected chi connectivity index (χ2v) is 3.31. The van der Waals surface area contributed by atoms with Crippen molar-refractivity contribution in [2.75, 3.05) is 0 Å². The highest BCUT2D eigenvalue weighted by atomic mass is 15.2. The van der Waals surface area contributed by atoms with E-state index >= 15 is 0 Å². The second kappa shape index (κ2) is 3.25. The lowest BCUT2D eigenvalue weighted by atomic mass is 9.88. The van der Waals surface area contributed by atoms with Crippen LogP contribution in [-0.2, 0) is 6.42 Å². The van der Waals surface area contributed by atoms with E-state index in [0.717, 1.165) is 6.42 Å². The monoisotopic (exact) mass is 162 g/mol. The quantitative estimate of drug-likeness (QED) is 0.485. The van der Waals surface area contributed by atoms with Gasteiger partial charge in [0.1, 0.15) is 0 Å². The number of nitrogens with one attached hydrogen (secondary N) is 1. The van der Waals surface area contributed by atoms with Gasteiger partial charge in [-0.3, -0.25) is 11.3 Å². The van der Waals surface area contributed by atoms with Crippen LogP contribution < -0.4 is 11.3 Å². The zero-order valence-electron chi connectivity index (χ0n) is 7.09. The normalized spacial score (nSPS) is 21.9. The van der Waals surface area contributed by atoms with Crippen molar-refractivity contribution in [3.05, 3.63) is 35.4 Å². The first kappa shape index (κ1) is 7.77. The molecule has 2 heteroatoms. The third-order valence-electron chi connectivity index (χ3n) is 2.57. The predicted octanol–water partition coefficient (Wildman–Crippen LogP) is 1.53. The maximum absolute atomic E-state index is 5.47. The van der Waals surface area contributed by atoms with Gasteiger partial charge in [-0.2, -0.15) is 0 Å². The van der Waals surface area contributed by atoms with Gasteiger partial charge in [-0.15, -0.1) is 0 Å². The molecule has 0 aliphatic heterocycles. The Bertz CT molecular complexity index is 270. The van der Waals surface area contributed by atoms with Gasteiger partial charge in [0.15, 0.2) is 0 Å². The van der Waals surface area contributed by atoms with E-state index in [1.807, 2.05) is 0 Å². The topological polar surface area (TPSA) is 38.0 Å². The summed E-state index contributed by atoms with van der Waals surface area (Å²) in [5.41, 5.74) is 5.69. The van der Waals surface area contributed by atoms with E-state index < -0.39 is 0 Å². The molecule has 1 atom stereocenters. The van der Waals surface area contributed by atoms with Gasteiger partial charge in [0, 0.05) is 6.04 Å². The average Bonchev–Trinajstić information content (AvgIpc) is 2.17. The van der Waals surface area contributed by atoms with Crippen LogP contribution in [0.3, 0.4) is 0 Å². The Kier molecular flexibility index (Phi) is 2.11. The molecule has 0 radical (unpaired) electrons. The predicted molar refractivity (Wildman–Crippen MR) is 49.4 cm³/mol. The third kappa shape index (κ3) is 1.24. The van der Waals surface area contributed by atoms with Crippen molar-refractivity contribution in [3.63, 3.8) is 0 Å². The first-order chi connectivity index (χ1) is 5.92. The fourth-order valence-corrected chi connectivity index (χ4v) is 1.93. The summed E-state index contributed by atoms with van der Waals surface area (Å²) >= 11 is 0. The molecule has 2 rings (SSSR count). The van der Waals surface area contributed by atoms with Gasteiger partial charge in [0.2, 0.25) is 0 Å². The molecular formula is C10H14N2. The van der Waals surface area contributed by atoms with Crippen molar-refractivity contribution in [1.29, 1.82) is 0 Å². The molecule has 0 fully saturated rings. The Balaban J connectivity index is 2.37. The van der Waals surface area contributed by atoms with Crippen LogP contribution in [0.4, 0.5) is 0 Å². The SMILES string of the molecule is NN[C@@H]1CCCc2ccccc21. The summed E-state index contributed by atoms with van der Waals surface area (Å²) in [4.78, 5) is 0. The molecule has 3 N–H and O–H groups in total. The zero-order valence-corrected chi connectivity index (χ0v) is 7.09. The van der Waals surface area contributed by atoms with E-state index in [1.165, 1.54) is 24.0 Å². The van der Waals surface area contributed by atoms with E-state index in [1.54, 1.807) is 0 Å². The largest absolute Gasteiger partial charge is 0.271 e. The van der Waals surface area contributed by atoms with Crippen LogP contribution in [0.15, 0.2) is 24.3 Å². The summed E-state index contributed by atoms with van der Waals surface area (Å²) in [7, 11) is 0. The molecule has 0 unspecified atom stereocenters. The first-order valence-corrected chi connectivity index (χ1v) is 4.46. The van der Waals surface area contributed by atoms with Crippen molar-refractivity contribution >= 4 is 0 Å². The highest BCUT2D eigenvalue weighted by molar-refractivity contribution is 5.31. The summed E-state index contributed by atoms with van der Waals surface area (Å²) in [5, 5.41) is 0. The molecule has 0 bridgehead atoms. The number of benzene rings is 1. The zero-order chi connectivity index (χ0) is 8.39. The third-order valence-corrected chi connectivity index (χ3v) is 2.57. The molecule has 1 aromatic rings. The summed E-state index contributed by atoms with van der Waals surface area (Å²) < 4.78 is 0. The molecule has 0 heterocycles. The maximum Gasteiger partial charge on any atom is 0.0462 e. The second-order valence-electron chi connectivity index (χ2n) is 3.31. The molecule has 64 valence electrons. The molecule has 12 heavy (non-hydrogen) atoms. The van der Waals surface area contributed by atoms with Crippen LogP contribution in [0.5, 0.6) is 0 Å². The molecular weight excluding hydrogens is 148 g/mol. The molecule has 0 aromatic heterocycles. The van der Waals surface area contributed by atoms with Crippen molar-refractivity contribution in [2.24, 2.45) is 5.84 Å². The highest BCUT2D eigenvalue weighted by Gasteiger charge is 2.17. The van der Waals surface area contributed by atoms with Crippen LogP contribution in [0.2, 0.25) is 0 Å². The summed E-state index contributed by atoms with van der Waals surface area (Å²) in [6.07, 6.45) is 3.60. The molecule has 1 aromatic carbocycles. The van der Waals surface area contributed by atoms with Crippen molar-refractivity contribution in [1.82, 2.24) is 5.43 Å². The van der Waals surface area contributed by atoms with Gasteiger partial charge < -0.3 is 0 Å². The van der Waals surface area contributed by atoms with Crippen molar-refractivity contribution < 1.29 is 0 Å². The summed E-state index contributed by atoms with van der Waals surface area (Å²) in [6, 6.07) is 8.90. The molecule has 0 saturated carbocycles. The van der Waals surface area contributed by atoms with Crippen LogP contribution in [0.1, 0.15) is 30.0 Å². The fraction of sp³-hybridized carbons (Fsp3) is 0.400. The molecule has 2 nitrogen and oxygen atoms in total. The van der Waals surface area contributed by atoms with Gasteiger partial charge in [-0.05, 0) is 30.4 Å². The van der Waals surface area contributed by atoms with Crippen LogP contribution >= 0.6 is 0 Å². The number of rotatable bonds is 1. The Labute approximate surface area is 72.7 Å². The van der Waals surface area contributed by atoms with Crippen LogP contribution in [-0.4, -0.2) is 0 Å². The van der Waals surface area contributed by atoms with Gasteiger partial charge in [-0.1, -0.05) is 24.3 Å². The van der Waals surface area contributed by atoms with Crippen molar-refractivity contribution in [2.45, 2.75) is 25.3 Å². The van der Waals surface area contributed by atoms with E-state index in [2.05, 4.69) is 29.7 Å². The van der Waals surface area contributed by atoms with Gasteiger partial charge >= 0.3 is 0 Å². The molecule has 0 saturated heterocycles.